The molecule has 1 heterocycles. The lowest BCUT2D eigenvalue weighted by atomic mass is 9.93. The number of nitrogens with two attached hydrogens (primary N) is 1. The van der Waals surface area contributed by atoms with E-state index >= 15 is 0 Å². The van der Waals surface area contributed by atoms with Crippen molar-refractivity contribution >= 4 is 28.9 Å². The molecule has 0 aliphatic carbocycles. The van der Waals surface area contributed by atoms with Crippen LogP contribution in [-0.2, 0) is 4.79 Å². The molecular formula is C15H22ClN3O. The Balaban J connectivity index is 2.01. The second kappa shape index (κ2) is 5.62. The standard InChI is InChI=1S/C15H22ClN3O/c1-10(19-7-6-15(2,3)9-19)14(20)18-13-5-4-11(17)8-12(13)16/h4-5,8,10H,6-7,9,17H2,1-3H3,(H,18,20). The number of carbonyl (C=O) groups excluding carboxylic acids is 1. The Morgan fingerprint density at radius 1 is 1.50 bits per heavy atom. The van der Waals surface area contributed by atoms with Gasteiger partial charge in [-0.05, 0) is 43.5 Å². The predicted octanol–water partition coefficient (Wildman–Crippen LogP) is 2.98. The van der Waals surface area contributed by atoms with Gasteiger partial charge in [-0.25, -0.2) is 0 Å². The lowest BCUT2D eigenvalue weighted by Gasteiger charge is -2.25. The van der Waals surface area contributed by atoms with Crippen LogP contribution in [0.2, 0.25) is 5.02 Å². The summed E-state index contributed by atoms with van der Waals surface area (Å²) in [5.74, 6) is -0.0330. The number of hydrogen-bond donors (Lipinski definition) is 2. The third kappa shape index (κ3) is 3.44. The fourth-order valence-corrected chi connectivity index (χ4v) is 2.76. The minimum absolute atomic E-state index is 0.0330. The van der Waals surface area contributed by atoms with E-state index in [0.717, 1.165) is 19.5 Å². The van der Waals surface area contributed by atoms with Crippen molar-refractivity contribution in [2.24, 2.45) is 5.41 Å². The van der Waals surface area contributed by atoms with Crippen molar-refractivity contribution in [1.82, 2.24) is 4.90 Å². The van der Waals surface area contributed by atoms with E-state index in [4.69, 9.17) is 17.3 Å². The van der Waals surface area contributed by atoms with Crippen molar-refractivity contribution in [2.75, 3.05) is 24.1 Å². The van der Waals surface area contributed by atoms with Crippen LogP contribution in [0.25, 0.3) is 0 Å². The molecule has 0 aromatic heterocycles. The molecule has 1 aliphatic heterocycles. The van der Waals surface area contributed by atoms with Crippen molar-refractivity contribution in [3.8, 4) is 0 Å². The van der Waals surface area contributed by atoms with Crippen LogP contribution in [0.5, 0.6) is 0 Å². The molecule has 0 radical (unpaired) electrons. The molecule has 0 saturated carbocycles. The maximum absolute atomic E-state index is 12.3. The molecule has 1 aromatic carbocycles. The first-order valence-corrected chi connectivity index (χ1v) is 7.26. The number of hydrogen-bond acceptors (Lipinski definition) is 3. The Hall–Kier alpha value is -1.26. The number of nitrogens with zero attached hydrogens (tertiary/aromatic N) is 1. The molecule has 0 spiro atoms. The maximum atomic E-state index is 12.3. The summed E-state index contributed by atoms with van der Waals surface area (Å²) >= 11 is 6.07. The fourth-order valence-electron chi connectivity index (χ4n) is 2.52. The summed E-state index contributed by atoms with van der Waals surface area (Å²) in [5.41, 5.74) is 7.12. The van der Waals surface area contributed by atoms with Crippen LogP contribution in [0.4, 0.5) is 11.4 Å². The number of anilines is 2. The van der Waals surface area contributed by atoms with Gasteiger partial charge >= 0.3 is 0 Å². The number of likely N-dealkylation sites (tertiary alicyclic amines) is 1. The molecule has 4 nitrogen and oxygen atoms in total. The molecule has 1 saturated heterocycles. The van der Waals surface area contributed by atoms with E-state index < -0.39 is 0 Å². The van der Waals surface area contributed by atoms with Crippen LogP contribution in [0.15, 0.2) is 18.2 Å². The van der Waals surface area contributed by atoms with Crippen LogP contribution in [0.3, 0.4) is 0 Å². The normalized spacial score (nSPS) is 19.8. The monoisotopic (exact) mass is 295 g/mol. The lowest BCUT2D eigenvalue weighted by molar-refractivity contribution is -0.120. The molecule has 2 rings (SSSR count). The van der Waals surface area contributed by atoms with Crippen LogP contribution in [0, 0.1) is 5.41 Å². The number of nitrogens with one attached hydrogen (secondary N) is 1. The SMILES string of the molecule is CC(C(=O)Nc1ccc(N)cc1Cl)N1CCC(C)(C)C1. The molecule has 1 unspecified atom stereocenters. The summed E-state index contributed by atoms with van der Waals surface area (Å²) in [4.78, 5) is 14.5. The number of halogens is 1. The highest BCUT2D eigenvalue weighted by atomic mass is 35.5. The van der Waals surface area contributed by atoms with E-state index in [1.165, 1.54) is 0 Å². The fraction of sp³-hybridized carbons (Fsp3) is 0.533. The van der Waals surface area contributed by atoms with Gasteiger partial charge < -0.3 is 11.1 Å². The topological polar surface area (TPSA) is 58.4 Å². The minimum Gasteiger partial charge on any atom is -0.399 e. The molecule has 1 aliphatic rings. The number of carbonyl (C=O) groups is 1. The third-order valence-corrected chi connectivity index (χ3v) is 4.20. The van der Waals surface area contributed by atoms with Crippen molar-refractivity contribution in [3.05, 3.63) is 23.2 Å². The van der Waals surface area contributed by atoms with Crippen LogP contribution >= 0.6 is 11.6 Å². The van der Waals surface area contributed by atoms with Crippen molar-refractivity contribution in [3.63, 3.8) is 0 Å². The van der Waals surface area contributed by atoms with E-state index in [-0.39, 0.29) is 17.4 Å². The smallest absolute Gasteiger partial charge is 0.241 e. The van der Waals surface area contributed by atoms with Gasteiger partial charge in [-0.15, -0.1) is 0 Å². The van der Waals surface area contributed by atoms with Gasteiger partial charge in [0.15, 0.2) is 0 Å². The van der Waals surface area contributed by atoms with Crippen molar-refractivity contribution < 1.29 is 4.79 Å². The zero-order chi connectivity index (χ0) is 14.9. The van der Waals surface area contributed by atoms with Gasteiger partial charge in [0.05, 0.1) is 16.8 Å². The molecule has 0 bridgehead atoms. The van der Waals surface area contributed by atoms with E-state index in [1.54, 1.807) is 18.2 Å². The summed E-state index contributed by atoms with van der Waals surface area (Å²) in [6.45, 7) is 8.29. The van der Waals surface area contributed by atoms with Gasteiger partial charge in [0.25, 0.3) is 0 Å². The molecule has 20 heavy (non-hydrogen) atoms. The van der Waals surface area contributed by atoms with Gasteiger partial charge in [0, 0.05) is 12.2 Å². The number of benzene rings is 1. The van der Waals surface area contributed by atoms with Crippen LogP contribution in [0.1, 0.15) is 27.2 Å². The molecule has 1 atom stereocenters. The first kappa shape index (κ1) is 15.1. The summed E-state index contributed by atoms with van der Waals surface area (Å²) in [7, 11) is 0. The van der Waals surface area contributed by atoms with E-state index in [9.17, 15) is 4.79 Å². The Kier molecular flexibility index (Phi) is 4.25. The van der Waals surface area contributed by atoms with Gasteiger partial charge in [-0.3, -0.25) is 9.69 Å². The average molecular weight is 296 g/mol. The predicted molar refractivity (Wildman–Crippen MR) is 83.9 cm³/mol. The highest BCUT2D eigenvalue weighted by Crippen LogP contribution is 2.30. The maximum Gasteiger partial charge on any atom is 0.241 e. The number of amides is 1. The molecule has 1 amide bonds. The summed E-state index contributed by atoms with van der Waals surface area (Å²) < 4.78 is 0. The Morgan fingerprint density at radius 3 is 2.75 bits per heavy atom. The van der Waals surface area contributed by atoms with Gasteiger partial charge in [0.2, 0.25) is 5.91 Å². The Morgan fingerprint density at radius 2 is 2.20 bits per heavy atom. The highest BCUT2D eigenvalue weighted by Gasteiger charge is 2.34. The van der Waals surface area contributed by atoms with Crippen LogP contribution < -0.4 is 11.1 Å². The summed E-state index contributed by atoms with van der Waals surface area (Å²) in [6, 6.07) is 4.94. The zero-order valence-electron chi connectivity index (χ0n) is 12.2. The molecule has 110 valence electrons. The number of rotatable bonds is 3. The molecule has 1 fully saturated rings. The average Bonchev–Trinajstić information content (AvgIpc) is 2.72. The minimum atomic E-state index is -0.162. The summed E-state index contributed by atoms with van der Waals surface area (Å²) in [5, 5.41) is 3.34. The van der Waals surface area contributed by atoms with E-state index in [1.807, 2.05) is 6.92 Å². The van der Waals surface area contributed by atoms with Crippen molar-refractivity contribution in [1.29, 1.82) is 0 Å². The lowest BCUT2D eigenvalue weighted by Crippen LogP contribution is -2.41. The van der Waals surface area contributed by atoms with Crippen LogP contribution in [-0.4, -0.2) is 29.9 Å². The second-order valence-electron chi connectivity index (χ2n) is 6.29. The second-order valence-corrected chi connectivity index (χ2v) is 6.70. The van der Waals surface area contributed by atoms with Gasteiger partial charge in [-0.2, -0.15) is 0 Å². The highest BCUT2D eigenvalue weighted by molar-refractivity contribution is 6.34. The third-order valence-electron chi connectivity index (χ3n) is 3.89. The van der Waals surface area contributed by atoms with Gasteiger partial charge in [-0.1, -0.05) is 25.4 Å². The van der Waals surface area contributed by atoms with Crippen molar-refractivity contribution in [2.45, 2.75) is 33.2 Å². The molecule has 5 heteroatoms. The molecule has 1 aromatic rings. The first-order valence-electron chi connectivity index (χ1n) is 6.88. The quantitative estimate of drug-likeness (QED) is 0.843. The Labute approximate surface area is 125 Å². The number of nitrogen functional groups attached to an aromatic ring is 1. The first-order chi connectivity index (χ1) is 9.28. The van der Waals surface area contributed by atoms with Gasteiger partial charge in [0.1, 0.15) is 0 Å². The van der Waals surface area contributed by atoms with E-state index in [2.05, 4.69) is 24.1 Å². The zero-order valence-corrected chi connectivity index (χ0v) is 13.0. The summed E-state index contributed by atoms with van der Waals surface area (Å²) in [6.07, 6.45) is 1.12. The molecular weight excluding hydrogens is 274 g/mol. The largest absolute Gasteiger partial charge is 0.399 e. The molecule has 3 N–H and O–H groups in total. The van der Waals surface area contributed by atoms with E-state index in [0.29, 0.717) is 16.4 Å². The Bertz CT molecular complexity index is 516.